The first-order valence-corrected chi connectivity index (χ1v) is 10.5. The normalized spacial score (nSPS) is 11.2. The number of carbonyl (C=O) groups excluding carboxylic acids is 1. The van der Waals surface area contributed by atoms with Gasteiger partial charge in [0.25, 0.3) is 5.69 Å². The maximum absolute atomic E-state index is 12.1. The Labute approximate surface area is 194 Å². The Bertz CT molecular complexity index is 1390. The molecule has 10 heteroatoms. The number of nitro groups is 1. The summed E-state index contributed by atoms with van der Waals surface area (Å²) in [6.07, 6.45) is 0.391. The zero-order valence-corrected chi connectivity index (χ0v) is 19.1. The van der Waals surface area contributed by atoms with Crippen LogP contribution in [-0.4, -0.2) is 34.3 Å². The van der Waals surface area contributed by atoms with E-state index in [0.717, 1.165) is 21.8 Å². The van der Waals surface area contributed by atoms with E-state index in [1.165, 1.54) is 13.2 Å². The van der Waals surface area contributed by atoms with Gasteiger partial charge in [0.15, 0.2) is 0 Å². The molecular weight excluding hydrogens is 442 g/mol. The minimum atomic E-state index is -0.850. The summed E-state index contributed by atoms with van der Waals surface area (Å²) in [5.41, 5.74) is 2.66. The van der Waals surface area contributed by atoms with Crippen molar-refractivity contribution in [2.24, 2.45) is 0 Å². The number of hydrogen-bond donors (Lipinski definition) is 1. The highest BCUT2D eigenvalue weighted by atomic mass is 16.7. The fourth-order valence-corrected chi connectivity index (χ4v) is 3.68. The number of nitrogens with one attached hydrogen (secondary N) is 1. The van der Waals surface area contributed by atoms with Gasteiger partial charge >= 0.3 is 6.16 Å². The fourth-order valence-electron chi connectivity index (χ4n) is 3.68. The smallest absolute Gasteiger partial charge is 0.457 e. The molecule has 0 radical (unpaired) electrons. The van der Waals surface area contributed by atoms with Gasteiger partial charge in [0.1, 0.15) is 11.5 Å². The molecule has 0 aliphatic heterocycles. The molecule has 0 fully saturated rings. The number of hydrogen-bond acceptors (Lipinski definition) is 8. The molecule has 0 atom stereocenters. The first kappa shape index (κ1) is 23.0. The molecule has 2 aromatic heterocycles. The second-order valence-electron chi connectivity index (χ2n) is 7.92. The molecule has 0 aliphatic rings. The molecule has 34 heavy (non-hydrogen) atoms. The number of carbonyl (C=O) groups is 1. The van der Waals surface area contributed by atoms with Gasteiger partial charge in [-0.05, 0) is 51.1 Å². The lowest BCUT2D eigenvalue weighted by atomic mass is 10.1. The van der Waals surface area contributed by atoms with Crippen LogP contribution in [0.1, 0.15) is 25.0 Å². The van der Waals surface area contributed by atoms with Crippen LogP contribution in [0.2, 0.25) is 0 Å². The van der Waals surface area contributed by atoms with E-state index >= 15 is 0 Å². The van der Waals surface area contributed by atoms with Gasteiger partial charge in [0.2, 0.25) is 5.88 Å². The first-order chi connectivity index (χ1) is 16.3. The van der Waals surface area contributed by atoms with Crippen LogP contribution < -0.4 is 9.47 Å². The molecule has 10 nitrogen and oxygen atoms in total. The first-order valence-electron chi connectivity index (χ1n) is 10.5. The molecule has 0 saturated heterocycles. The summed E-state index contributed by atoms with van der Waals surface area (Å²) in [6.45, 7) is 5.25. The van der Waals surface area contributed by atoms with E-state index in [9.17, 15) is 14.9 Å². The van der Waals surface area contributed by atoms with Gasteiger partial charge in [-0.3, -0.25) is 10.1 Å². The topological polar surface area (TPSA) is 126 Å². The van der Waals surface area contributed by atoms with Crippen molar-refractivity contribution in [1.82, 2.24) is 9.97 Å². The van der Waals surface area contributed by atoms with Crippen molar-refractivity contribution in [3.8, 4) is 17.4 Å². The molecule has 2 heterocycles. The average Bonchev–Trinajstić information content (AvgIpc) is 3.13. The Balaban J connectivity index is 1.75. The van der Waals surface area contributed by atoms with Crippen LogP contribution in [0.3, 0.4) is 0 Å². The summed E-state index contributed by atoms with van der Waals surface area (Å²) >= 11 is 0. The molecule has 0 unspecified atom stereocenters. The quantitative estimate of drug-likeness (QED) is 0.206. The van der Waals surface area contributed by atoms with Crippen LogP contribution >= 0.6 is 0 Å². The summed E-state index contributed by atoms with van der Waals surface area (Å²) in [4.78, 5) is 30.3. The largest absolute Gasteiger partial charge is 0.515 e. The van der Waals surface area contributed by atoms with Crippen molar-refractivity contribution < 1.29 is 28.7 Å². The lowest BCUT2D eigenvalue weighted by Crippen LogP contribution is -2.17. The maximum Gasteiger partial charge on any atom is 0.515 e. The lowest BCUT2D eigenvalue weighted by molar-refractivity contribution is -0.385. The minimum absolute atomic E-state index is 0.0275. The molecule has 0 saturated carbocycles. The molecule has 176 valence electrons. The number of aromatic nitrogens is 2. The molecule has 0 aliphatic carbocycles. The van der Waals surface area contributed by atoms with Gasteiger partial charge in [0.05, 0.1) is 34.9 Å². The molecule has 1 N–H and O–H groups in total. The van der Waals surface area contributed by atoms with E-state index in [2.05, 4.69) is 9.97 Å². The van der Waals surface area contributed by atoms with E-state index < -0.39 is 11.1 Å². The number of rotatable bonds is 7. The summed E-state index contributed by atoms with van der Waals surface area (Å²) < 4.78 is 21.8. The summed E-state index contributed by atoms with van der Waals surface area (Å²) in [5.74, 6) is 1.10. The monoisotopic (exact) mass is 465 g/mol. The molecule has 2 aromatic carbocycles. The predicted molar refractivity (Wildman–Crippen MR) is 124 cm³/mol. The van der Waals surface area contributed by atoms with E-state index in [4.69, 9.17) is 18.9 Å². The molecule has 4 rings (SSSR count). The van der Waals surface area contributed by atoms with Crippen LogP contribution in [0.5, 0.6) is 17.4 Å². The van der Waals surface area contributed by atoms with Gasteiger partial charge in [0, 0.05) is 35.0 Å². The number of ether oxygens (including phenoxy) is 4. The van der Waals surface area contributed by atoms with E-state index in [-0.39, 0.29) is 24.3 Å². The molecule has 0 bridgehead atoms. The lowest BCUT2D eigenvalue weighted by Gasteiger charge is -2.12. The third-order valence-electron chi connectivity index (χ3n) is 5.07. The Hall–Kier alpha value is -4.18. The SMILES string of the molecule is COCc1c(OC(=O)OC(C)C)ncc2[nH]c3ccc(Oc4ccc([N+](=O)[O-])c(C)c4)cc3c12. The fraction of sp³-hybridized carbons (Fsp3) is 0.250. The average molecular weight is 465 g/mol. The molecule has 0 amide bonds. The zero-order chi connectivity index (χ0) is 24.4. The van der Waals surface area contributed by atoms with Gasteiger partial charge in [-0.15, -0.1) is 0 Å². The van der Waals surface area contributed by atoms with Crippen molar-refractivity contribution in [2.75, 3.05) is 7.11 Å². The highest BCUT2D eigenvalue weighted by Crippen LogP contribution is 2.36. The summed E-state index contributed by atoms with van der Waals surface area (Å²) in [7, 11) is 1.54. The van der Waals surface area contributed by atoms with Crippen LogP contribution in [0.25, 0.3) is 21.8 Å². The Morgan fingerprint density at radius 2 is 1.88 bits per heavy atom. The van der Waals surface area contributed by atoms with Gasteiger partial charge in [-0.1, -0.05) is 0 Å². The van der Waals surface area contributed by atoms with Crippen LogP contribution in [0.15, 0.2) is 42.6 Å². The van der Waals surface area contributed by atoms with Crippen LogP contribution in [0.4, 0.5) is 10.5 Å². The van der Waals surface area contributed by atoms with Crippen LogP contribution in [-0.2, 0) is 16.1 Å². The van der Waals surface area contributed by atoms with E-state index in [1.807, 2.05) is 12.1 Å². The highest BCUT2D eigenvalue weighted by Gasteiger charge is 2.20. The number of aromatic amines is 1. The van der Waals surface area contributed by atoms with E-state index in [0.29, 0.717) is 22.6 Å². The summed E-state index contributed by atoms with van der Waals surface area (Å²) in [6, 6.07) is 10.1. The van der Waals surface area contributed by atoms with Crippen molar-refractivity contribution in [1.29, 1.82) is 0 Å². The number of pyridine rings is 1. The molecule has 0 spiro atoms. The second-order valence-corrected chi connectivity index (χ2v) is 7.92. The van der Waals surface area contributed by atoms with Crippen LogP contribution in [0, 0.1) is 17.0 Å². The third kappa shape index (κ3) is 4.62. The number of nitrogens with zero attached hydrogens (tertiary/aromatic N) is 2. The Kier molecular flexibility index (Phi) is 6.33. The number of fused-ring (bicyclic) bond motifs is 3. The number of aryl methyl sites for hydroxylation is 1. The van der Waals surface area contributed by atoms with Gasteiger partial charge < -0.3 is 23.9 Å². The number of benzene rings is 2. The number of H-pyrrole nitrogens is 1. The Morgan fingerprint density at radius 1 is 1.15 bits per heavy atom. The minimum Gasteiger partial charge on any atom is -0.457 e. The Morgan fingerprint density at radius 3 is 2.56 bits per heavy atom. The molecular formula is C24H23N3O7. The summed E-state index contributed by atoms with van der Waals surface area (Å²) in [5, 5.41) is 12.6. The van der Waals surface area contributed by atoms with Crippen molar-refractivity contribution in [3.05, 3.63) is 63.8 Å². The van der Waals surface area contributed by atoms with Crippen molar-refractivity contribution in [3.63, 3.8) is 0 Å². The molecule has 4 aromatic rings. The van der Waals surface area contributed by atoms with E-state index in [1.54, 1.807) is 45.2 Å². The predicted octanol–water partition coefficient (Wildman–Crippen LogP) is 5.80. The third-order valence-corrected chi connectivity index (χ3v) is 5.07. The zero-order valence-electron chi connectivity index (χ0n) is 19.1. The van der Waals surface area contributed by atoms with Crippen molar-refractivity contribution in [2.45, 2.75) is 33.5 Å². The number of methoxy groups -OCH3 is 1. The number of nitro benzene ring substituents is 1. The van der Waals surface area contributed by atoms with Gasteiger partial charge in [-0.2, -0.15) is 0 Å². The highest BCUT2D eigenvalue weighted by molar-refractivity contribution is 6.09. The van der Waals surface area contributed by atoms with Crippen molar-refractivity contribution >= 4 is 33.6 Å². The maximum atomic E-state index is 12.1. The second kappa shape index (κ2) is 9.36. The van der Waals surface area contributed by atoms with Gasteiger partial charge in [-0.25, -0.2) is 9.78 Å². The standard InChI is InChI=1S/C24H23N3O7/c1-13(2)32-24(28)34-23-18(12-31-4)22-17-10-16(5-7-19(17)26-20(22)11-25-23)33-15-6-8-21(27(29)30)14(3)9-15/h5-11,13,26H,12H2,1-4H3.